The van der Waals surface area contributed by atoms with Crippen molar-refractivity contribution in [3.63, 3.8) is 0 Å². The molecule has 0 spiro atoms. The van der Waals surface area contributed by atoms with E-state index in [2.05, 4.69) is 5.32 Å². The van der Waals surface area contributed by atoms with Gasteiger partial charge in [-0.05, 0) is 35.9 Å². The molecule has 1 aliphatic heterocycles. The minimum absolute atomic E-state index is 0.173. The van der Waals surface area contributed by atoms with Crippen molar-refractivity contribution in [2.24, 2.45) is 0 Å². The number of carbonyl (C=O) groups is 1. The van der Waals surface area contributed by atoms with Crippen molar-refractivity contribution in [3.05, 3.63) is 63.0 Å². The molecule has 26 heavy (non-hydrogen) atoms. The molecule has 0 radical (unpaired) electrons. The van der Waals surface area contributed by atoms with Crippen LogP contribution in [0.2, 0.25) is 10.0 Å². The quantitative estimate of drug-likeness (QED) is 0.522. The fourth-order valence-corrected chi connectivity index (χ4v) is 4.06. The second-order valence-corrected chi connectivity index (χ2v) is 7.83. The maximum absolute atomic E-state index is 12.7. The molecule has 2 aromatic carbocycles. The van der Waals surface area contributed by atoms with Gasteiger partial charge >= 0.3 is 0 Å². The number of thiocarbonyl (C=S) groups is 1. The number of carbonyl (C=O) groups excluding carboxylic acids is 1. The van der Waals surface area contributed by atoms with E-state index in [1.165, 1.54) is 16.7 Å². The summed E-state index contributed by atoms with van der Waals surface area (Å²) in [5.74, 6) is 0.523. The normalized spacial score (nSPS) is 15.7. The van der Waals surface area contributed by atoms with Crippen LogP contribution < -0.4 is 10.1 Å². The average Bonchev–Trinajstić information content (AvgIpc) is 2.89. The fraction of sp³-hybridized carbons (Fsp3) is 0.111. The van der Waals surface area contributed by atoms with Crippen LogP contribution in [0.5, 0.6) is 5.75 Å². The zero-order valence-corrected chi connectivity index (χ0v) is 16.8. The molecule has 0 bridgehead atoms. The Kier molecular flexibility index (Phi) is 6.09. The number of rotatable bonds is 5. The highest BCUT2D eigenvalue weighted by atomic mass is 35.5. The number of hydrogen-bond donors (Lipinski definition) is 1. The first-order valence-electron chi connectivity index (χ1n) is 7.57. The van der Waals surface area contributed by atoms with Gasteiger partial charge in [-0.3, -0.25) is 9.69 Å². The number of benzene rings is 2. The lowest BCUT2D eigenvalue weighted by molar-refractivity contribution is -0.121. The summed E-state index contributed by atoms with van der Waals surface area (Å²) >= 11 is 18.7. The molecule has 4 nitrogen and oxygen atoms in total. The third kappa shape index (κ3) is 4.15. The van der Waals surface area contributed by atoms with Crippen LogP contribution in [0.3, 0.4) is 0 Å². The van der Waals surface area contributed by atoms with Crippen LogP contribution in [0.4, 0.5) is 5.69 Å². The molecule has 1 saturated heterocycles. The van der Waals surface area contributed by atoms with Gasteiger partial charge in [0.25, 0.3) is 5.91 Å². The van der Waals surface area contributed by atoms with Gasteiger partial charge in [0.2, 0.25) is 0 Å². The molecule has 0 aliphatic carbocycles. The van der Waals surface area contributed by atoms with Crippen molar-refractivity contribution >= 4 is 69.2 Å². The van der Waals surface area contributed by atoms with Crippen LogP contribution in [0, 0.1) is 0 Å². The van der Waals surface area contributed by atoms with Crippen molar-refractivity contribution in [1.82, 2.24) is 4.90 Å². The fourth-order valence-electron chi connectivity index (χ4n) is 2.35. The van der Waals surface area contributed by atoms with Gasteiger partial charge in [-0.2, -0.15) is 0 Å². The third-order valence-electron chi connectivity index (χ3n) is 3.66. The first-order valence-corrected chi connectivity index (χ1v) is 9.55. The Bertz CT molecular complexity index is 903. The predicted octanol–water partition coefficient (Wildman–Crippen LogP) is 5.27. The molecule has 3 rings (SSSR count). The van der Waals surface area contributed by atoms with E-state index in [4.69, 9.17) is 40.2 Å². The van der Waals surface area contributed by atoms with E-state index in [9.17, 15) is 4.79 Å². The Morgan fingerprint density at radius 2 is 2.04 bits per heavy atom. The van der Waals surface area contributed by atoms with Crippen LogP contribution in [0.1, 0.15) is 5.56 Å². The standard InChI is InChI=1S/C18H14Cl2N2O2S2/c1-24-15-5-3-2-4-14(15)21-10-22-17(23)16(26-18(22)25)8-11-6-7-12(19)9-13(11)20/h2-9,21H,10H2,1H3. The number of amides is 1. The van der Waals surface area contributed by atoms with Crippen LogP contribution >= 0.6 is 47.2 Å². The van der Waals surface area contributed by atoms with Gasteiger partial charge in [-0.15, -0.1) is 0 Å². The second-order valence-electron chi connectivity index (χ2n) is 5.31. The molecule has 0 unspecified atom stereocenters. The van der Waals surface area contributed by atoms with Gasteiger partial charge in [0.05, 0.1) is 24.4 Å². The first kappa shape index (κ1) is 19.0. The summed E-state index contributed by atoms with van der Waals surface area (Å²) < 4.78 is 5.78. The van der Waals surface area contributed by atoms with E-state index in [1.54, 1.807) is 31.4 Å². The smallest absolute Gasteiger partial charge is 0.267 e. The summed E-state index contributed by atoms with van der Waals surface area (Å²) in [5, 5.41) is 4.20. The molecular formula is C18H14Cl2N2O2S2. The van der Waals surface area contributed by atoms with E-state index in [-0.39, 0.29) is 12.6 Å². The Morgan fingerprint density at radius 3 is 2.77 bits per heavy atom. The van der Waals surface area contributed by atoms with Crippen LogP contribution in [-0.2, 0) is 4.79 Å². The molecule has 0 aromatic heterocycles. The summed E-state index contributed by atoms with van der Waals surface area (Å²) in [6.07, 6.45) is 1.72. The Balaban J connectivity index is 1.75. The van der Waals surface area contributed by atoms with Crippen LogP contribution in [0.15, 0.2) is 47.4 Å². The van der Waals surface area contributed by atoms with Gasteiger partial charge in [0.15, 0.2) is 0 Å². The lowest BCUT2D eigenvalue weighted by Crippen LogP contribution is -2.33. The summed E-state index contributed by atoms with van der Waals surface area (Å²) in [6.45, 7) is 0.247. The number of hydrogen-bond acceptors (Lipinski definition) is 5. The molecule has 1 N–H and O–H groups in total. The topological polar surface area (TPSA) is 41.6 Å². The average molecular weight is 425 g/mol. The molecule has 1 heterocycles. The SMILES string of the molecule is COc1ccccc1NCN1C(=O)C(=Cc2ccc(Cl)cc2Cl)SC1=S. The highest BCUT2D eigenvalue weighted by Gasteiger charge is 2.32. The number of thioether (sulfide) groups is 1. The van der Waals surface area contributed by atoms with E-state index in [1.807, 2.05) is 24.3 Å². The molecule has 0 atom stereocenters. The van der Waals surface area contributed by atoms with E-state index >= 15 is 0 Å². The molecule has 8 heteroatoms. The molecule has 2 aromatic rings. The zero-order valence-electron chi connectivity index (χ0n) is 13.7. The van der Waals surface area contributed by atoms with Crippen molar-refractivity contribution in [2.75, 3.05) is 19.1 Å². The largest absolute Gasteiger partial charge is 0.495 e. The van der Waals surface area contributed by atoms with Crippen molar-refractivity contribution in [3.8, 4) is 5.75 Å². The van der Waals surface area contributed by atoms with Gasteiger partial charge in [0.1, 0.15) is 10.1 Å². The van der Waals surface area contributed by atoms with Crippen molar-refractivity contribution in [1.29, 1.82) is 0 Å². The van der Waals surface area contributed by atoms with E-state index in [0.29, 0.717) is 30.6 Å². The summed E-state index contributed by atoms with van der Waals surface area (Å²) in [6, 6.07) is 12.6. The highest BCUT2D eigenvalue weighted by Crippen LogP contribution is 2.34. The van der Waals surface area contributed by atoms with Crippen molar-refractivity contribution < 1.29 is 9.53 Å². The molecule has 1 amide bonds. The monoisotopic (exact) mass is 424 g/mol. The maximum atomic E-state index is 12.7. The molecule has 1 fully saturated rings. The van der Waals surface area contributed by atoms with Crippen LogP contribution in [0.25, 0.3) is 6.08 Å². The number of methoxy groups -OCH3 is 1. The minimum Gasteiger partial charge on any atom is -0.495 e. The van der Waals surface area contributed by atoms with Gasteiger partial charge in [-0.1, -0.05) is 65.4 Å². The highest BCUT2D eigenvalue weighted by molar-refractivity contribution is 8.26. The molecular weight excluding hydrogens is 411 g/mol. The number of halogens is 2. The lowest BCUT2D eigenvalue weighted by Gasteiger charge is -2.17. The third-order valence-corrected chi connectivity index (χ3v) is 5.60. The van der Waals surface area contributed by atoms with E-state index < -0.39 is 0 Å². The number of para-hydroxylation sites is 2. The van der Waals surface area contributed by atoms with Gasteiger partial charge < -0.3 is 10.1 Å². The molecule has 134 valence electrons. The maximum Gasteiger partial charge on any atom is 0.267 e. The number of anilines is 1. The zero-order chi connectivity index (χ0) is 18.7. The van der Waals surface area contributed by atoms with Crippen LogP contribution in [-0.4, -0.2) is 28.9 Å². The summed E-state index contributed by atoms with van der Waals surface area (Å²) in [7, 11) is 1.60. The number of nitrogens with one attached hydrogen (secondary N) is 1. The second kappa shape index (κ2) is 8.31. The molecule has 1 aliphatic rings. The Hall–Kier alpha value is -1.73. The minimum atomic E-state index is -0.173. The Labute approximate surface area is 171 Å². The van der Waals surface area contributed by atoms with Gasteiger partial charge in [-0.25, -0.2) is 0 Å². The molecule has 0 saturated carbocycles. The summed E-state index contributed by atoms with van der Waals surface area (Å²) in [4.78, 5) is 14.7. The first-order chi connectivity index (χ1) is 12.5. The predicted molar refractivity (Wildman–Crippen MR) is 113 cm³/mol. The lowest BCUT2D eigenvalue weighted by atomic mass is 10.2. The summed E-state index contributed by atoms with van der Waals surface area (Å²) in [5.41, 5.74) is 1.50. The van der Waals surface area contributed by atoms with Crippen molar-refractivity contribution in [2.45, 2.75) is 0 Å². The number of ether oxygens (including phenoxy) is 1. The number of nitrogens with zero attached hydrogens (tertiary/aromatic N) is 1. The van der Waals surface area contributed by atoms with Gasteiger partial charge in [0, 0.05) is 10.0 Å². The van der Waals surface area contributed by atoms with E-state index in [0.717, 1.165) is 5.69 Å². The Morgan fingerprint density at radius 1 is 1.27 bits per heavy atom.